The van der Waals surface area contributed by atoms with Crippen molar-refractivity contribution in [1.29, 1.82) is 0 Å². The molecule has 2 N–H and O–H groups in total. The van der Waals surface area contributed by atoms with Gasteiger partial charge in [-0.05, 0) is 38.1 Å². The lowest BCUT2D eigenvalue weighted by Gasteiger charge is -2.41. The Morgan fingerprint density at radius 1 is 1.26 bits per heavy atom. The molecule has 1 atom stereocenters. The first-order chi connectivity index (χ1) is 8.99. The zero-order chi connectivity index (χ0) is 14.5. The maximum absolute atomic E-state index is 6.06. The number of hydrogen-bond acceptors (Lipinski definition) is 4. The Labute approximate surface area is 118 Å². The molecule has 0 aliphatic carbocycles. The van der Waals surface area contributed by atoms with E-state index in [1.54, 1.807) is 14.2 Å². The predicted octanol–water partition coefficient (Wildman–Crippen LogP) is 2.22. The molecule has 114 valence electrons. The molecule has 1 aliphatic rings. The molecule has 4 nitrogen and oxygen atoms in total. The smallest absolute Gasteiger partial charge is 0.158 e. The third-order valence-electron chi connectivity index (χ3n) is 5.27. The number of nitrogens with two attached hydrogens (primary N) is 1. The lowest BCUT2D eigenvalue weighted by atomic mass is 9.81. The molecule has 0 saturated carbocycles. The zero-order valence-corrected chi connectivity index (χ0v) is 13.4. The number of hydrogen-bond donors (Lipinski definition) is 1. The van der Waals surface area contributed by atoms with E-state index >= 15 is 0 Å². The van der Waals surface area contributed by atoms with Crippen LogP contribution in [0.4, 0.5) is 0 Å². The average molecular weight is 272 g/mol. The molecule has 0 radical (unpaired) electrons. The van der Waals surface area contributed by atoms with Crippen LogP contribution >= 0.6 is 0 Å². The van der Waals surface area contributed by atoms with E-state index in [4.69, 9.17) is 15.2 Å². The van der Waals surface area contributed by atoms with Crippen molar-refractivity contribution in [3.8, 4) is 0 Å². The summed E-state index contributed by atoms with van der Waals surface area (Å²) in [5.41, 5.74) is 6.50. The van der Waals surface area contributed by atoms with Gasteiger partial charge < -0.3 is 15.2 Å². The summed E-state index contributed by atoms with van der Waals surface area (Å²) in [5, 5.41) is 0. The second kappa shape index (κ2) is 7.02. The SMILES string of the molecule is CCC1(CC)CCN(C(C)(CN)CC(OC)OC)C1. The largest absolute Gasteiger partial charge is 0.356 e. The summed E-state index contributed by atoms with van der Waals surface area (Å²) in [5.74, 6) is 0. The molecular weight excluding hydrogens is 240 g/mol. The monoisotopic (exact) mass is 272 g/mol. The quantitative estimate of drug-likeness (QED) is 0.688. The summed E-state index contributed by atoms with van der Waals surface area (Å²) in [6.07, 6.45) is 4.42. The van der Waals surface area contributed by atoms with E-state index in [9.17, 15) is 0 Å². The average Bonchev–Trinajstić information content (AvgIpc) is 2.90. The first-order valence-corrected chi connectivity index (χ1v) is 7.50. The molecule has 0 spiro atoms. The van der Waals surface area contributed by atoms with Crippen LogP contribution in [0.1, 0.15) is 46.5 Å². The van der Waals surface area contributed by atoms with Crippen LogP contribution in [0, 0.1) is 5.41 Å². The minimum Gasteiger partial charge on any atom is -0.356 e. The van der Waals surface area contributed by atoms with E-state index < -0.39 is 0 Å². The summed E-state index contributed by atoms with van der Waals surface area (Å²) in [4.78, 5) is 2.55. The topological polar surface area (TPSA) is 47.7 Å². The van der Waals surface area contributed by atoms with Crippen LogP contribution in [-0.2, 0) is 9.47 Å². The first kappa shape index (κ1) is 16.9. The van der Waals surface area contributed by atoms with Crippen molar-refractivity contribution >= 4 is 0 Å². The molecule has 1 unspecified atom stereocenters. The van der Waals surface area contributed by atoms with E-state index in [-0.39, 0.29) is 11.8 Å². The van der Waals surface area contributed by atoms with Crippen LogP contribution in [-0.4, -0.2) is 50.6 Å². The number of likely N-dealkylation sites (tertiary alicyclic amines) is 1. The van der Waals surface area contributed by atoms with Crippen LogP contribution in [0.25, 0.3) is 0 Å². The molecule has 19 heavy (non-hydrogen) atoms. The maximum Gasteiger partial charge on any atom is 0.158 e. The van der Waals surface area contributed by atoms with Gasteiger partial charge in [-0.3, -0.25) is 4.90 Å². The summed E-state index contributed by atoms with van der Waals surface area (Å²) >= 11 is 0. The minimum absolute atomic E-state index is 0.0389. The second-order valence-corrected chi connectivity index (χ2v) is 6.18. The minimum atomic E-state index is -0.174. The molecule has 4 heteroatoms. The van der Waals surface area contributed by atoms with E-state index in [0.717, 1.165) is 19.5 Å². The van der Waals surface area contributed by atoms with Gasteiger partial charge in [-0.15, -0.1) is 0 Å². The third-order valence-corrected chi connectivity index (χ3v) is 5.27. The highest BCUT2D eigenvalue weighted by Crippen LogP contribution is 2.40. The van der Waals surface area contributed by atoms with Crippen molar-refractivity contribution in [1.82, 2.24) is 4.90 Å². The van der Waals surface area contributed by atoms with Gasteiger partial charge in [0.15, 0.2) is 6.29 Å². The molecule has 0 aromatic rings. The van der Waals surface area contributed by atoms with Crippen LogP contribution < -0.4 is 5.73 Å². The zero-order valence-electron chi connectivity index (χ0n) is 13.4. The van der Waals surface area contributed by atoms with Crippen LogP contribution in [0.3, 0.4) is 0 Å². The van der Waals surface area contributed by atoms with Gasteiger partial charge >= 0.3 is 0 Å². The van der Waals surface area contributed by atoms with Gasteiger partial charge in [0.1, 0.15) is 0 Å². The summed E-state index contributed by atoms with van der Waals surface area (Å²) in [6, 6.07) is 0. The fraction of sp³-hybridized carbons (Fsp3) is 1.00. The number of ether oxygens (including phenoxy) is 2. The molecule has 0 amide bonds. The number of rotatable bonds is 8. The molecule has 1 heterocycles. The van der Waals surface area contributed by atoms with Gasteiger partial charge in [0.25, 0.3) is 0 Å². The Bertz CT molecular complexity index is 265. The molecule has 0 aromatic carbocycles. The Balaban J connectivity index is 2.75. The van der Waals surface area contributed by atoms with Crippen molar-refractivity contribution < 1.29 is 9.47 Å². The second-order valence-electron chi connectivity index (χ2n) is 6.18. The fourth-order valence-electron chi connectivity index (χ4n) is 3.19. The van der Waals surface area contributed by atoms with Gasteiger partial charge in [-0.25, -0.2) is 0 Å². The van der Waals surface area contributed by atoms with Crippen LogP contribution in [0.2, 0.25) is 0 Å². The molecule has 0 aromatic heterocycles. The lowest BCUT2D eigenvalue weighted by molar-refractivity contribution is -0.127. The number of methoxy groups -OCH3 is 2. The Morgan fingerprint density at radius 2 is 1.84 bits per heavy atom. The van der Waals surface area contributed by atoms with E-state index in [1.807, 2.05) is 0 Å². The molecule has 1 aliphatic heterocycles. The van der Waals surface area contributed by atoms with E-state index in [1.165, 1.54) is 19.3 Å². The highest BCUT2D eigenvalue weighted by molar-refractivity contribution is 4.97. The Hall–Kier alpha value is -0.160. The Morgan fingerprint density at radius 3 is 2.21 bits per heavy atom. The summed E-state index contributed by atoms with van der Waals surface area (Å²) in [6.45, 7) is 9.77. The predicted molar refractivity (Wildman–Crippen MR) is 79.1 cm³/mol. The summed E-state index contributed by atoms with van der Waals surface area (Å²) < 4.78 is 10.7. The standard InChI is InChI=1S/C15H32N2O2/c1-6-15(7-2)8-9-17(12-15)14(3,11-16)10-13(18-4)19-5/h13H,6-12,16H2,1-5H3. The molecule has 0 bridgehead atoms. The van der Waals surface area contributed by atoms with Gasteiger partial charge in [0.2, 0.25) is 0 Å². The van der Waals surface area contributed by atoms with Crippen molar-refractivity contribution in [2.24, 2.45) is 11.1 Å². The first-order valence-electron chi connectivity index (χ1n) is 7.50. The molecular formula is C15H32N2O2. The Kier molecular flexibility index (Phi) is 6.24. The van der Waals surface area contributed by atoms with E-state index in [0.29, 0.717) is 12.0 Å². The van der Waals surface area contributed by atoms with Crippen molar-refractivity contribution in [3.63, 3.8) is 0 Å². The van der Waals surface area contributed by atoms with Crippen molar-refractivity contribution in [2.45, 2.75) is 58.3 Å². The highest BCUT2D eigenvalue weighted by atomic mass is 16.7. The van der Waals surface area contributed by atoms with Crippen LogP contribution in [0.5, 0.6) is 0 Å². The summed E-state index contributed by atoms with van der Waals surface area (Å²) in [7, 11) is 3.38. The maximum atomic E-state index is 6.06. The number of nitrogens with zero attached hydrogens (tertiary/aromatic N) is 1. The molecule has 1 fully saturated rings. The molecule has 1 saturated heterocycles. The third kappa shape index (κ3) is 3.69. The van der Waals surface area contributed by atoms with Crippen molar-refractivity contribution in [3.05, 3.63) is 0 Å². The van der Waals surface area contributed by atoms with Gasteiger partial charge in [0, 0.05) is 39.3 Å². The fourth-order valence-corrected chi connectivity index (χ4v) is 3.19. The normalized spacial score (nSPS) is 22.9. The molecule has 1 rings (SSSR count). The lowest BCUT2D eigenvalue weighted by Crippen LogP contribution is -2.53. The van der Waals surface area contributed by atoms with Gasteiger partial charge in [-0.2, -0.15) is 0 Å². The van der Waals surface area contributed by atoms with Gasteiger partial charge in [-0.1, -0.05) is 13.8 Å². The van der Waals surface area contributed by atoms with Crippen molar-refractivity contribution in [2.75, 3.05) is 33.9 Å². The van der Waals surface area contributed by atoms with Gasteiger partial charge in [0.05, 0.1) is 0 Å². The van der Waals surface area contributed by atoms with Crippen LogP contribution in [0.15, 0.2) is 0 Å². The highest BCUT2D eigenvalue weighted by Gasteiger charge is 2.43. The van der Waals surface area contributed by atoms with E-state index in [2.05, 4.69) is 25.7 Å².